The molecule has 0 atom stereocenters. The van der Waals surface area contributed by atoms with Crippen molar-refractivity contribution in [3.63, 3.8) is 0 Å². The van der Waals surface area contributed by atoms with Crippen molar-refractivity contribution in [3.8, 4) is 22.6 Å². The highest BCUT2D eigenvalue weighted by atomic mass is 16.5. The second-order valence-electron chi connectivity index (χ2n) is 11.8. The molecule has 0 bridgehead atoms. The molecule has 1 aliphatic carbocycles. The van der Waals surface area contributed by atoms with Gasteiger partial charge in [-0.1, -0.05) is 83.7 Å². The van der Waals surface area contributed by atoms with E-state index in [1.165, 1.54) is 81.4 Å². The SMILES string of the molecule is C=C(CCO)C(=O)Oc1cc(OC(=O)C(=C)CCO)cc(-c2ccc(C3CCC(CCCCCCC)CC3)c(CC)c2)c1. The molecule has 43 heavy (non-hydrogen) atoms. The van der Waals surface area contributed by atoms with Crippen LogP contribution in [-0.2, 0) is 16.0 Å². The van der Waals surface area contributed by atoms with Gasteiger partial charge < -0.3 is 19.7 Å². The zero-order valence-electron chi connectivity index (χ0n) is 26.2. The van der Waals surface area contributed by atoms with Gasteiger partial charge in [0.15, 0.2) is 0 Å². The highest BCUT2D eigenvalue weighted by Crippen LogP contribution is 2.40. The fourth-order valence-corrected chi connectivity index (χ4v) is 5.98. The molecular formula is C37H50O6. The van der Waals surface area contributed by atoms with Crippen LogP contribution in [0.25, 0.3) is 11.1 Å². The van der Waals surface area contributed by atoms with E-state index in [2.05, 4.69) is 45.2 Å². The predicted octanol–water partition coefficient (Wildman–Crippen LogP) is 8.24. The zero-order valence-corrected chi connectivity index (χ0v) is 26.2. The largest absolute Gasteiger partial charge is 0.423 e. The average Bonchev–Trinajstić information content (AvgIpc) is 3.01. The molecule has 6 heteroatoms. The Morgan fingerprint density at radius 1 is 0.767 bits per heavy atom. The minimum Gasteiger partial charge on any atom is -0.423 e. The summed E-state index contributed by atoms with van der Waals surface area (Å²) in [4.78, 5) is 25.1. The van der Waals surface area contributed by atoms with Gasteiger partial charge in [0.25, 0.3) is 0 Å². The van der Waals surface area contributed by atoms with Crippen LogP contribution in [0.4, 0.5) is 0 Å². The summed E-state index contributed by atoms with van der Waals surface area (Å²) in [5.74, 6) is 0.512. The average molecular weight is 591 g/mol. The molecule has 1 saturated carbocycles. The van der Waals surface area contributed by atoms with Crippen molar-refractivity contribution in [2.24, 2.45) is 5.92 Å². The minimum atomic E-state index is -0.658. The molecule has 3 rings (SSSR count). The van der Waals surface area contributed by atoms with E-state index in [1.54, 1.807) is 12.1 Å². The Hall–Kier alpha value is -3.22. The molecule has 0 amide bonds. The van der Waals surface area contributed by atoms with Crippen LogP contribution in [0.2, 0.25) is 0 Å². The van der Waals surface area contributed by atoms with E-state index in [1.807, 2.05) is 0 Å². The Bertz CT molecular complexity index is 1190. The normalized spacial score (nSPS) is 16.5. The van der Waals surface area contributed by atoms with E-state index in [-0.39, 0.29) is 48.7 Å². The summed E-state index contributed by atoms with van der Waals surface area (Å²) >= 11 is 0. The molecule has 0 heterocycles. The number of aliphatic hydroxyl groups excluding tert-OH is 2. The highest BCUT2D eigenvalue weighted by Gasteiger charge is 2.24. The van der Waals surface area contributed by atoms with Crippen LogP contribution in [0.3, 0.4) is 0 Å². The first kappa shape index (κ1) is 34.3. The van der Waals surface area contributed by atoms with Crippen molar-refractivity contribution in [3.05, 3.63) is 71.8 Å². The van der Waals surface area contributed by atoms with Gasteiger partial charge in [-0.05, 0) is 78.3 Å². The summed E-state index contributed by atoms with van der Waals surface area (Å²) in [7, 11) is 0. The maximum atomic E-state index is 12.5. The Kier molecular flexibility index (Phi) is 14.2. The van der Waals surface area contributed by atoms with Crippen LogP contribution in [0.5, 0.6) is 11.5 Å². The molecule has 1 aliphatic rings. The number of benzene rings is 2. The van der Waals surface area contributed by atoms with Crippen LogP contribution in [0, 0.1) is 5.92 Å². The van der Waals surface area contributed by atoms with Gasteiger partial charge in [0, 0.05) is 43.3 Å². The summed E-state index contributed by atoms with van der Waals surface area (Å²) in [6.07, 6.45) is 14.3. The van der Waals surface area contributed by atoms with Gasteiger partial charge in [-0.2, -0.15) is 0 Å². The monoisotopic (exact) mass is 590 g/mol. The topological polar surface area (TPSA) is 93.1 Å². The number of carbonyl (C=O) groups excluding carboxylic acids is 2. The molecule has 2 aromatic carbocycles. The Balaban J connectivity index is 1.80. The van der Waals surface area contributed by atoms with Gasteiger partial charge >= 0.3 is 11.9 Å². The molecule has 0 radical (unpaired) electrons. The van der Waals surface area contributed by atoms with E-state index in [4.69, 9.17) is 9.47 Å². The van der Waals surface area contributed by atoms with Gasteiger partial charge in [0.05, 0.1) is 0 Å². The molecule has 1 fully saturated rings. The lowest BCUT2D eigenvalue weighted by atomic mass is 9.75. The summed E-state index contributed by atoms with van der Waals surface area (Å²) in [6.45, 7) is 11.4. The van der Waals surface area contributed by atoms with E-state index >= 15 is 0 Å². The Morgan fingerprint density at radius 2 is 1.35 bits per heavy atom. The minimum absolute atomic E-state index is 0.101. The van der Waals surface area contributed by atoms with E-state index < -0.39 is 11.9 Å². The first-order valence-electron chi connectivity index (χ1n) is 16.1. The fourth-order valence-electron chi connectivity index (χ4n) is 5.98. The Labute approximate surface area is 257 Å². The number of esters is 2. The molecule has 0 spiro atoms. The van der Waals surface area contributed by atoms with Crippen molar-refractivity contribution < 1.29 is 29.3 Å². The molecule has 0 saturated heterocycles. The maximum Gasteiger partial charge on any atom is 0.338 e. The van der Waals surface area contributed by atoms with Crippen molar-refractivity contribution in [1.82, 2.24) is 0 Å². The molecular weight excluding hydrogens is 540 g/mol. The molecule has 0 unspecified atom stereocenters. The van der Waals surface area contributed by atoms with Crippen molar-refractivity contribution in [2.75, 3.05) is 13.2 Å². The van der Waals surface area contributed by atoms with E-state index in [9.17, 15) is 19.8 Å². The quantitative estimate of drug-likeness (QED) is 0.0834. The smallest absolute Gasteiger partial charge is 0.338 e. The molecule has 2 aromatic rings. The van der Waals surface area contributed by atoms with Crippen molar-refractivity contribution in [1.29, 1.82) is 0 Å². The van der Waals surface area contributed by atoms with E-state index in [0.717, 1.165) is 23.5 Å². The van der Waals surface area contributed by atoms with Crippen molar-refractivity contribution >= 4 is 11.9 Å². The number of aryl methyl sites for hydroxylation is 1. The lowest BCUT2D eigenvalue weighted by molar-refractivity contribution is -0.130. The third kappa shape index (κ3) is 10.5. The predicted molar refractivity (Wildman–Crippen MR) is 172 cm³/mol. The van der Waals surface area contributed by atoms with Crippen molar-refractivity contribution in [2.45, 2.75) is 103 Å². The first-order chi connectivity index (χ1) is 20.8. The number of rotatable bonds is 17. The number of ether oxygens (including phenoxy) is 2. The van der Waals surface area contributed by atoms with Crippen LogP contribution >= 0.6 is 0 Å². The van der Waals surface area contributed by atoms with E-state index in [0.29, 0.717) is 5.92 Å². The zero-order chi connectivity index (χ0) is 31.2. The summed E-state index contributed by atoms with van der Waals surface area (Å²) < 4.78 is 11.1. The molecule has 0 aliphatic heterocycles. The lowest BCUT2D eigenvalue weighted by Crippen LogP contribution is -2.14. The van der Waals surface area contributed by atoms with Gasteiger partial charge in [-0.3, -0.25) is 0 Å². The van der Waals surface area contributed by atoms with Gasteiger partial charge in [-0.15, -0.1) is 0 Å². The molecule has 0 aromatic heterocycles. The second-order valence-corrected chi connectivity index (χ2v) is 11.8. The van der Waals surface area contributed by atoms with Crippen LogP contribution < -0.4 is 9.47 Å². The van der Waals surface area contributed by atoms with Crippen LogP contribution in [0.15, 0.2) is 60.7 Å². The standard InChI is InChI=1S/C37H50O6/c1-5-7-8-9-10-11-28-12-14-30(15-13-28)35-17-16-31(22-29(35)6-2)32-23-33(42-36(40)26(3)18-20-38)25-34(24-32)43-37(41)27(4)19-21-39/h16-17,22-25,28,30,38-39H,3-15,18-21H2,1-2H3. The maximum absolute atomic E-state index is 12.5. The number of aliphatic hydroxyl groups is 2. The molecule has 6 nitrogen and oxygen atoms in total. The number of hydrogen-bond acceptors (Lipinski definition) is 6. The highest BCUT2D eigenvalue weighted by molar-refractivity contribution is 5.91. The Morgan fingerprint density at radius 3 is 1.88 bits per heavy atom. The molecule has 2 N–H and O–H groups in total. The van der Waals surface area contributed by atoms with Gasteiger partial charge in [0.1, 0.15) is 11.5 Å². The second kappa shape index (κ2) is 17.8. The van der Waals surface area contributed by atoms with Gasteiger partial charge in [0.2, 0.25) is 0 Å². The summed E-state index contributed by atoms with van der Waals surface area (Å²) in [6, 6.07) is 11.5. The third-order valence-corrected chi connectivity index (χ3v) is 8.57. The third-order valence-electron chi connectivity index (χ3n) is 8.57. The number of hydrogen-bond donors (Lipinski definition) is 2. The number of unbranched alkanes of at least 4 members (excludes halogenated alkanes) is 4. The lowest BCUT2D eigenvalue weighted by Gasteiger charge is -2.30. The molecule has 234 valence electrons. The van der Waals surface area contributed by atoms with Crippen LogP contribution in [-0.4, -0.2) is 35.4 Å². The number of carbonyl (C=O) groups is 2. The van der Waals surface area contributed by atoms with Gasteiger partial charge in [-0.25, -0.2) is 9.59 Å². The first-order valence-corrected chi connectivity index (χ1v) is 16.1. The summed E-state index contributed by atoms with van der Waals surface area (Å²) in [5.41, 5.74) is 4.68. The fraction of sp³-hybridized carbons (Fsp3) is 0.514. The summed E-state index contributed by atoms with van der Waals surface area (Å²) in [5, 5.41) is 18.3. The van der Waals surface area contributed by atoms with Crippen LogP contribution in [0.1, 0.15) is 108 Å².